The molecule has 0 aromatic carbocycles. The monoisotopic (exact) mass is 331 g/mol. The maximum Gasteiger partial charge on any atom is 0.225 e. The predicted molar refractivity (Wildman–Crippen MR) is 87.1 cm³/mol. The van der Waals surface area contributed by atoms with Crippen molar-refractivity contribution >= 4 is 11.8 Å². The van der Waals surface area contributed by atoms with Gasteiger partial charge in [0.1, 0.15) is 11.6 Å². The molecule has 7 heteroatoms. The molecular weight excluding hydrogens is 306 g/mol. The van der Waals surface area contributed by atoms with Crippen LogP contribution in [-0.4, -0.2) is 50.6 Å². The summed E-state index contributed by atoms with van der Waals surface area (Å²) in [5.41, 5.74) is 0. The topological polar surface area (TPSA) is 80.1 Å². The second kappa shape index (κ2) is 6.18. The van der Waals surface area contributed by atoms with Crippen molar-refractivity contribution in [2.45, 2.75) is 58.0 Å². The zero-order chi connectivity index (χ0) is 16.7. The average Bonchev–Trinajstić information content (AvgIpc) is 3.18. The van der Waals surface area contributed by atoms with Crippen LogP contribution in [0, 0.1) is 11.8 Å². The SMILES string of the molecule is CCc1nnc2n1C[C@H](NC(=O)[C@@H]1CC(=O)N(CC3CC3)C1)CC2. The van der Waals surface area contributed by atoms with Crippen LogP contribution in [0.1, 0.15) is 44.3 Å². The molecule has 2 aliphatic heterocycles. The van der Waals surface area contributed by atoms with Crippen molar-refractivity contribution in [1.29, 1.82) is 0 Å². The molecule has 7 nitrogen and oxygen atoms in total. The quantitative estimate of drug-likeness (QED) is 0.853. The van der Waals surface area contributed by atoms with Gasteiger partial charge < -0.3 is 14.8 Å². The van der Waals surface area contributed by atoms with E-state index in [-0.39, 0.29) is 23.8 Å². The Bertz CT molecular complexity index is 638. The number of fused-ring (bicyclic) bond motifs is 1. The second-order valence-corrected chi connectivity index (χ2v) is 7.38. The summed E-state index contributed by atoms with van der Waals surface area (Å²) in [5, 5.41) is 11.6. The van der Waals surface area contributed by atoms with Crippen LogP contribution in [0.15, 0.2) is 0 Å². The minimum Gasteiger partial charge on any atom is -0.351 e. The van der Waals surface area contributed by atoms with Crippen molar-refractivity contribution < 1.29 is 9.59 Å². The molecule has 1 saturated carbocycles. The molecule has 0 radical (unpaired) electrons. The Morgan fingerprint density at radius 1 is 1.25 bits per heavy atom. The Balaban J connectivity index is 1.34. The summed E-state index contributed by atoms with van der Waals surface area (Å²) < 4.78 is 2.13. The van der Waals surface area contributed by atoms with Crippen molar-refractivity contribution in [3.63, 3.8) is 0 Å². The largest absolute Gasteiger partial charge is 0.351 e. The van der Waals surface area contributed by atoms with Crippen molar-refractivity contribution in [3.8, 4) is 0 Å². The molecule has 4 rings (SSSR count). The molecule has 3 aliphatic rings. The first-order valence-corrected chi connectivity index (χ1v) is 9.13. The lowest BCUT2D eigenvalue weighted by molar-refractivity contribution is -0.129. The number of aromatic nitrogens is 3. The molecule has 130 valence electrons. The number of carbonyl (C=O) groups is 2. The minimum absolute atomic E-state index is 0.0289. The van der Waals surface area contributed by atoms with Gasteiger partial charge in [0.15, 0.2) is 0 Å². The number of carbonyl (C=O) groups excluding carboxylic acids is 2. The average molecular weight is 331 g/mol. The van der Waals surface area contributed by atoms with Crippen LogP contribution >= 0.6 is 0 Å². The summed E-state index contributed by atoms with van der Waals surface area (Å²) in [7, 11) is 0. The third-order valence-corrected chi connectivity index (χ3v) is 5.45. The first-order chi connectivity index (χ1) is 11.6. The van der Waals surface area contributed by atoms with Crippen LogP contribution in [0.25, 0.3) is 0 Å². The van der Waals surface area contributed by atoms with Gasteiger partial charge in [0.05, 0.1) is 5.92 Å². The number of aryl methyl sites for hydroxylation is 2. The Morgan fingerprint density at radius 2 is 2.08 bits per heavy atom. The van der Waals surface area contributed by atoms with Crippen molar-refractivity contribution in [3.05, 3.63) is 11.6 Å². The van der Waals surface area contributed by atoms with Crippen molar-refractivity contribution in [1.82, 2.24) is 25.0 Å². The molecule has 2 atom stereocenters. The number of nitrogens with one attached hydrogen (secondary N) is 1. The zero-order valence-corrected chi connectivity index (χ0v) is 14.2. The molecule has 2 amide bonds. The van der Waals surface area contributed by atoms with Crippen LogP contribution in [0.3, 0.4) is 0 Å². The first-order valence-electron chi connectivity index (χ1n) is 9.13. The summed E-state index contributed by atoms with van der Waals surface area (Å²) in [6.07, 6.45) is 5.40. The van der Waals surface area contributed by atoms with Gasteiger partial charge in [0.2, 0.25) is 11.8 Å². The lowest BCUT2D eigenvalue weighted by atomic mass is 10.0. The number of hydrogen-bond donors (Lipinski definition) is 1. The highest BCUT2D eigenvalue weighted by atomic mass is 16.2. The maximum absolute atomic E-state index is 12.6. The molecule has 1 aliphatic carbocycles. The third-order valence-electron chi connectivity index (χ3n) is 5.45. The number of nitrogens with zero attached hydrogens (tertiary/aromatic N) is 4. The van der Waals surface area contributed by atoms with E-state index in [2.05, 4.69) is 27.0 Å². The van der Waals surface area contributed by atoms with E-state index in [1.165, 1.54) is 12.8 Å². The lowest BCUT2D eigenvalue weighted by Gasteiger charge is -2.26. The normalized spacial score (nSPS) is 26.5. The fourth-order valence-corrected chi connectivity index (χ4v) is 3.82. The molecule has 1 saturated heterocycles. The lowest BCUT2D eigenvalue weighted by Crippen LogP contribution is -2.44. The Kier molecular flexibility index (Phi) is 4.02. The van der Waals surface area contributed by atoms with Gasteiger partial charge in [0.25, 0.3) is 0 Å². The predicted octanol–water partition coefficient (Wildman–Crippen LogP) is 0.530. The minimum atomic E-state index is -0.191. The van der Waals surface area contributed by atoms with Gasteiger partial charge in [-0.3, -0.25) is 9.59 Å². The van der Waals surface area contributed by atoms with Gasteiger partial charge in [-0.25, -0.2) is 0 Å². The number of hydrogen-bond acceptors (Lipinski definition) is 4. The maximum atomic E-state index is 12.6. The van der Waals surface area contributed by atoms with Gasteiger partial charge in [-0.05, 0) is 25.2 Å². The van der Waals surface area contributed by atoms with Gasteiger partial charge in [-0.2, -0.15) is 0 Å². The molecule has 0 bridgehead atoms. The fourth-order valence-electron chi connectivity index (χ4n) is 3.82. The molecule has 3 heterocycles. The van der Waals surface area contributed by atoms with E-state index in [0.717, 1.165) is 44.0 Å². The Morgan fingerprint density at radius 3 is 2.83 bits per heavy atom. The smallest absolute Gasteiger partial charge is 0.225 e. The van der Waals surface area contributed by atoms with E-state index in [9.17, 15) is 9.59 Å². The number of amides is 2. The summed E-state index contributed by atoms with van der Waals surface area (Å²) in [6, 6.07) is 0.110. The summed E-state index contributed by atoms with van der Waals surface area (Å²) in [4.78, 5) is 26.5. The van der Waals surface area contributed by atoms with E-state index in [4.69, 9.17) is 0 Å². The molecule has 1 N–H and O–H groups in total. The highest BCUT2D eigenvalue weighted by Gasteiger charge is 2.38. The zero-order valence-electron chi connectivity index (χ0n) is 14.2. The van der Waals surface area contributed by atoms with E-state index in [0.29, 0.717) is 18.9 Å². The van der Waals surface area contributed by atoms with E-state index in [1.54, 1.807) is 0 Å². The molecule has 24 heavy (non-hydrogen) atoms. The van der Waals surface area contributed by atoms with Gasteiger partial charge >= 0.3 is 0 Å². The molecule has 1 aromatic heterocycles. The fraction of sp³-hybridized carbons (Fsp3) is 0.765. The van der Waals surface area contributed by atoms with E-state index >= 15 is 0 Å². The second-order valence-electron chi connectivity index (χ2n) is 7.38. The summed E-state index contributed by atoms with van der Waals surface area (Å²) in [6.45, 7) is 4.24. The molecular formula is C17H25N5O2. The molecule has 0 spiro atoms. The molecule has 1 aromatic rings. The van der Waals surface area contributed by atoms with Gasteiger partial charge in [-0.15, -0.1) is 10.2 Å². The van der Waals surface area contributed by atoms with Crippen LogP contribution in [0.4, 0.5) is 0 Å². The Hall–Kier alpha value is -1.92. The first kappa shape index (κ1) is 15.6. The summed E-state index contributed by atoms with van der Waals surface area (Å²) in [5.74, 6) is 2.65. The van der Waals surface area contributed by atoms with Crippen LogP contribution in [0.5, 0.6) is 0 Å². The Labute approximate surface area is 141 Å². The molecule has 0 unspecified atom stereocenters. The van der Waals surface area contributed by atoms with Gasteiger partial charge in [-0.1, -0.05) is 6.92 Å². The standard InChI is InChI=1S/C17H25N5O2/c1-2-14-19-20-15-6-5-13(10-22(14)15)18-17(24)12-7-16(23)21(9-12)8-11-3-4-11/h11-13H,2-10H2,1H3,(H,18,24)/t12-,13-/m1/s1. The van der Waals surface area contributed by atoms with Crippen molar-refractivity contribution in [2.24, 2.45) is 11.8 Å². The van der Waals surface area contributed by atoms with Gasteiger partial charge in [0, 0.05) is 44.9 Å². The third kappa shape index (κ3) is 3.03. The van der Waals surface area contributed by atoms with E-state index in [1.807, 2.05) is 4.90 Å². The highest BCUT2D eigenvalue weighted by molar-refractivity contribution is 5.89. The molecule has 2 fully saturated rings. The number of rotatable bonds is 5. The summed E-state index contributed by atoms with van der Waals surface area (Å²) >= 11 is 0. The highest BCUT2D eigenvalue weighted by Crippen LogP contribution is 2.32. The van der Waals surface area contributed by atoms with Crippen LogP contribution in [0.2, 0.25) is 0 Å². The number of likely N-dealkylation sites (tertiary alicyclic amines) is 1. The van der Waals surface area contributed by atoms with Crippen molar-refractivity contribution in [2.75, 3.05) is 13.1 Å². The van der Waals surface area contributed by atoms with Crippen LogP contribution in [-0.2, 0) is 29.0 Å². The van der Waals surface area contributed by atoms with Crippen LogP contribution < -0.4 is 5.32 Å². The van der Waals surface area contributed by atoms with E-state index < -0.39 is 0 Å².